The van der Waals surface area contributed by atoms with Gasteiger partial charge in [0, 0.05) is 12.6 Å². The van der Waals surface area contributed by atoms with Gasteiger partial charge in [-0.1, -0.05) is 32.6 Å². The summed E-state index contributed by atoms with van der Waals surface area (Å²) in [5, 5.41) is 6.18. The smallest absolute Gasteiger partial charge is 0.407 e. The van der Waals surface area contributed by atoms with E-state index >= 15 is 0 Å². The van der Waals surface area contributed by atoms with Crippen molar-refractivity contribution in [2.24, 2.45) is 0 Å². The van der Waals surface area contributed by atoms with Crippen LogP contribution in [-0.2, 0) is 4.74 Å². The lowest BCUT2D eigenvalue weighted by atomic mass is 10.1. The summed E-state index contributed by atoms with van der Waals surface area (Å²) in [4.78, 5) is 11.5. The van der Waals surface area contributed by atoms with Crippen LogP contribution in [0.2, 0.25) is 0 Å². The van der Waals surface area contributed by atoms with Gasteiger partial charge in [0.15, 0.2) is 0 Å². The summed E-state index contributed by atoms with van der Waals surface area (Å²) >= 11 is 0. The van der Waals surface area contributed by atoms with E-state index in [2.05, 4.69) is 17.6 Å². The monoisotopic (exact) mass is 272 g/mol. The van der Waals surface area contributed by atoms with E-state index in [9.17, 15) is 4.79 Å². The molecule has 0 bridgehead atoms. The van der Waals surface area contributed by atoms with Crippen LogP contribution in [0.1, 0.15) is 66.7 Å². The summed E-state index contributed by atoms with van der Waals surface area (Å²) in [5.74, 6) is 0. The zero-order valence-corrected chi connectivity index (χ0v) is 13.3. The zero-order chi connectivity index (χ0) is 14.7. The van der Waals surface area contributed by atoms with Crippen LogP contribution in [-0.4, -0.2) is 30.8 Å². The van der Waals surface area contributed by atoms with Gasteiger partial charge >= 0.3 is 6.09 Å². The largest absolute Gasteiger partial charge is 0.444 e. The molecule has 114 valence electrons. The van der Waals surface area contributed by atoms with Crippen LogP contribution in [0, 0.1) is 0 Å². The fourth-order valence-electron chi connectivity index (χ4n) is 1.73. The van der Waals surface area contributed by atoms with Gasteiger partial charge in [-0.15, -0.1) is 0 Å². The molecule has 1 unspecified atom stereocenters. The van der Waals surface area contributed by atoms with Gasteiger partial charge < -0.3 is 15.4 Å². The zero-order valence-electron chi connectivity index (χ0n) is 13.3. The Hall–Kier alpha value is -0.770. The van der Waals surface area contributed by atoms with Gasteiger partial charge in [0.05, 0.1) is 0 Å². The molecule has 0 aromatic heterocycles. The molecule has 1 atom stereocenters. The van der Waals surface area contributed by atoms with E-state index < -0.39 is 5.60 Å². The summed E-state index contributed by atoms with van der Waals surface area (Å²) < 4.78 is 5.20. The standard InChI is InChI=1S/C15H32N2O2/c1-6-7-8-9-10-11-16-12-13(2)17-14(18)19-15(3,4)5/h13,16H,6-12H2,1-5H3,(H,17,18). The summed E-state index contributed by atoms with van der Waals surface area (Å²) in [7, 11) is 0. The maximum atomic E-state index is 11.5. The van der Waals surface area contributed by atoms with Gasteiger partial charge in [0.2, 0.25) is 0 Å². The van der Waals surface area contributed by atoms with Crippen molar-refractivity contribution in [2.45, 2.75) is 78.4 Å². The molecule has 4 nitrogen and oxygen atoms in total. The second-order valence-electron chi connectivity index (χ2n) is 6.17. The minimum Gasteiger partial charge on any atom is -0.444 e. The Balaban J connectivity index is 3.49. The Morgan fingerprint density at radius 1 is 1.16 bits per heavy atom. The van der Waals surface area contributed by atoms with E-state index in [0.717, 1.165) is 13.1 Å². The van der Waals surface area contributed by atoms with E-state index in [1.54, 1.807) is 0 Å². The molecule has 0 saturated carbocycles. The third kappa shape index (κ3) is 13.5. The van der Waals surface area contributed by atoms with Crippen molar-refractivity contribution in [2.75, 3.05) is 13.1 Å². The highest BCUT2D eigenvalue weighted by Crippen LogP contribution is 2.06. The molecule has 0 aromatic rings. The van der Waals surface area contributed by atoms with Crippen LogP contribution >= 0.6 is 0 Å². The summed E-state index contributed by atoms with van der Waals surface area (Å²) in [6.07, 6.45) is 6.09. The highest BCUT2D eigenvalue weighted by atomic mass is 16.6. The number of carbonyl (C=O) groups is 1. The minimum absolute atomic E-state index is 0.0884. The number of unbranched alkanes of at least 4 members (excludes halogenated alkanes) is 4. The number of alkyl carbamates (subject to hydrolysis) is 1. The second kappa shape index (κ2) is 10.1. The Labute approximate surface area is 118 Å². The lowest BCUT2D eigenvalue weighted by Crippen LogP contribution is -2.42. The maximum Gasteiger partial charge on any atom is 0.407 e. The van der Waals surface area contributed by atoms with E-state index in [0.29, 0.717) is 0 Å². The van der Waals surface area contributed by atoms with E-state index in [-0.39, 0.29) is 12.1 Å². The van der Waals surface area contributed by atoms with Gasteiger partial charge in [-0.3, -0.25) is 0 Å². The highest BCUT2D eigenvalue weighted by molar-refractivity contribution is 5.68. The van der Waals surface area contributed by atoms with Crippen molar-refractivity contribution in [3.8, 4) is 0 Å². The van der Waals surface area contributed by atoms with Crippen molar-refractivity contribution in [1.29, 1.82) is 0 Å². The highest BCUT2D eigenvalue weighted by Gasteiger charge is 2.17. The fourth-order valence-corrected chi connectivity index (χ4v) is 1.73. The number of ether oxygens (including phenoxy) is 1. The Morgan fingerprint density at radius 3 is 2.37 bits per heavy atom. The van der Waals surface area contributed by atoms with Gasteiger partial charge in [0.1, 0.15) is 5.60 Å². The molecule has 0 aliphatic rings. The molecule has 4 heteroatoms. The maximum absolute atomic E-state index is 11.5. The average Bonchev–Trinajstić information content (AvgIpc) is 2.25. The summed E-state index contributed by atoms with van der Waals surface area (Å²) in [5.41, 5.74) is -0.434. The summed E-state index contributed by atoms with van der Waals surface area (Å²) in [6.45, 7) is 11.6. The molecule has 0 rings (SSSR count). The van der Waals surface area contributed by atoms with Crippen molar-refractivity contribution in [3.63, 3.8) is 0 Å². The van der Waals surface area contributed by atoms with E-state index in [4.69, 9.17) is 4.74 Å². The van der Waals surface area contributed by atoms with Crippen molar-refractivity contribution in [1.82, 2.24) is 10.6 Å². The fraction of sp³-hybridized carbons (Fsp3) is 0.933. The predicted molar refractivity (Wildman–Crippen MR) is 80.5 cm³/mol. The minimum atomic E-state index is -0.434. The van der Waals surface area contributed by atoms with Crippen LogP contribution < -0.4 is 10.6 Å². The van der Waals surface area contributed by atoms with Crippen LogP contribution in [0.5, 0.6) is 0 Å². The number of nitrogens with one attached hydrogen (secondary N) is 2. The number of rotatable bonds is 9. The molecular weight excluding hydrogens is 240 g/mol. The van der Waals surface area contributed by atoms with E-state index in [1.165, 1.54) is 32.1 Å². The molecule has 0 heterocycles. The lowest BCUT2D eigenvalue weighted by Gasteiger charge is -2.22. The molecule has 0 spiro atoms. The number of amides is 1. The van der Waals surface area contributed by atoms with Crippen LogP contribution in [0.3, 0.4) is 0 Å². The lowest BCUT2D eigenvalue weighted by molar-refractivity contribution is 0.0508. The van der Waals surface area contributed by atoms with Crippen LogP contribution in [0.25, 0.3) is 0 Å². The topological polar surface area (TPSA) is 50.4 Å². The first kappa shape index (κ1) is 18.2. The third-order valence-corrected chi connectivity index (χ3v) is 2.67. The number of hydrogen-bond acceptors (Lipinski definition) is 3. The van der Waals surface area contributed by atoms with Crippen LogP contribution in [0.15, 0.2) is 0 Å². The molecule has 0 aromatic carbocycles. The van der Waals surface area contributed by atoms with Crippen molar-refractivity contribution >= 4 is 6.09 Å². The second-order valence-corrected chi connectivity index (χ2v) is 6.17. The molecule has 0 fully saturated rings. The molecule has 19 heavy (non-hydrogen) atoms. The quantitative estimate of drug-likeness (QED) is 0.632. The van der Waals surface area contributed by atoms with Gasteiger partial charge in [-0.2, -0.15) is 0 Å². The molecule has 0 aliphatic heterocycles. The molecule has 0 radical (unpaired) electrons. The SMILES string of the molecule is CCCCCCCNCC(C)NC(=O)OC(C)(C)C. The molecule has 2 N–H and O–H groups in total. The predicted octanol–water partition coefficient (Wildman–Crippen LogP) is 3.46. The first-order valence-electron chi connectivity index (χ1n) is 7.55. The molecule has 0 aliphatic carbocycles. The first-order valence-corrected chi connectivity index (χ1v) is 7.55. The Bertz CT molecular complexity index is 237. The number of carbonyl (C=O) groups excluding carboxylic acids is 1. The number of hydrogen-bond donors (Lipinski definition) is 2. The Kier molecular flexibility index (Phi) is 9.66. The van der Waals surface area contributed by atoms with Gasteiger partial charge in [0.25, 0.3) is 0 Å². The summed E-state index contributed by atoms with van der Waals surface area (Å²) in [6, 6.07) is 0.0884. The van der Waals surface area contributed by atoms with Gasteiger partial charge in [-0.25, -0.2) is 4.79 Å². The Morgan fingerprint density at radius 2 is 1.79 bits per heavy atom. The molecule has 0 saturated heterocycles. The first-order chi connectivity index (χ1) is 8.85. The van der Waals surface area contributed by atoms with Crippen molar-refractivity contribution in [3.05, 3.63) is 0 Å². The third-order valence-electron chi connectivity index (χ3n) is 2.67. The van der Waals surface area contributed by atoms with Crippen LogP contribution in [0.4, 0.5) is 4.79 Å². The normalized spacial score (nSPS) is 13.1. The average molecular weight is 272 g/mol. The molecule has 1 amide bonds. The van der Waals surface area contributed by atoms with Crippen molar-refractivity contribution < 1.29 is 9.53 Å². The van der Waals surface area contributed by atoms with E-state index in [1.807, 2.05) is 27.7 Å². The molecular formula is C15H32N2O2. The van der Waals surface area contributed by atoms with Gasteiger partial charge in [-0.05, 0) is 40.7 Å².